The number of nitrogens with one attached hydrogen (secondary N) is 1. The van der Waals surface area contributed by atoms with E-state index in [1.165, 1.54) is 59.4 Å². The largest absolute Gasteiger partial charge is 0.484 e. The van der Waals surface area contributed by atoms with Gasteiger partial charge in [-0.25, -0.2) is 9.79 Å². The fourth-order valence-electron chi connectivity index (χ4n) is 3.46. The monoisotopic (exact) mass is 504 g/mol. The highest BCUT2D eigenvalue weighted by Crippen LogP contribution is 2.35. The molecule has 13 heteroatoms. The fraction of sp³-hybridized carbons (Fsp3) is 0.333. The van der Waals surface area contributed by atoms with E-state index in [2.05, 4.69) is 10.3 Å². The van der Waals surface area contributed by atoms with E-state index in [-0.39, 0.29) is 30.5 Å². The molecular formula is C21H20N4O7S2. The summed E-state index contributed by atoms with van der Waals surface area (Å²) in [5.74, 6) is -0.898. The number of β-lactam (4-membered cyclic amide) rings is 1. The Morgan fingerprint density at radius 2 is 2.06 bits per heavy atom. The van der Waals surface area contributed by atoms with E-state index in [1.807, 2.05) is 17.5 Å². The van der Waals surface area contributed by atoms with E-state index in [0.29, 0.717) is 11.3 Å². The number of nitrogens with zero attached hydrogens (tertiary/aromatic N) is 3. The van der Waals surface area contributed by atoms with E-state index >= 15 is 0 Å². The summed E-state index contributed by atoms with van der Waals surface area (Å²) in [5, 5.41) is 14.9. The van der Waals surface area contributed by atoms with Gasteiger partial charge in [-0.05, 0) is 29.1 Å². The third-order valence-electron chi connectivity index (χ3n) is 5.19. The summed E-state index contributed by atoms with van der Waals surface area (Å²) in [6.45, 7) is -0.147. The van der Waals surface area contributed by atoms with Gasteiger partial charge in [0, 0.05) is 17.0 Å². The molecule has 1 saturated heterocycles. The van der Waals surface area contributed by atoms with Gasteiger partial charge in [-0.2, -0.15) is 0 Å². The number of methoxy groups -OCH3 is 1. The van der Waals surface area contributed by atoms with Crippen LogP contribution in [-0.2, 0) is 36.9 Å². The van der Waals surface area contributed by atoms with Crippen molar-refractivity contribution in [2.75, 3.05) is 12.9 Å². The Labute approximate surface area is 202 Å². The number of aliphatic imine (C=N–C) groups is 1. The molecule has 3 heterocycles. The number of thioether (sulfide) groups is 1. The van der Waals surface area contributed by atoms with Crippen molar-refractivity contribution in [1.82, 2.24) is 10.2 Å². The fourth-order valence-corrected chi connectivity index (χ4v) is 5.43. The smallest absolute Gasteiger partial charge is 0.352 e. The van der Waals surface area contributed by atoms with Crippen molar-refractivity contribution >= 4 is 52.5 Å². The molecule has 0 bridgehead atoms. The van der Waals surface area contributed by atoms with Gasteiger partial charge in [0.15, 0.2) is 5.90 Å². The molecule has 4 rings (SSSR count). The SMILES string of the molecule is COC1=N[C@@H](C(=O)OCc2ccc([N+](=O)[O-])cc2)N2C(=O)C(NC(=O)Cc3cccs3)C2SC1. The van der Waals surface area contributed by atoms with Crippen LogP contribution in [0.5, 0.6) is 0 Å². The number of carbonyl (C=O) groups excluding carboxylic acids is 3. The number of carbonyl (C=O) groups is 3. The van der Waals surface area contributed by atoms with Gasteiger partial charge in [-0.1, -0.05) is 6.07 Å². The Morgan fingerprint density at radius 1 is 1.29 bits per heavy atom. The second-order valence-electron chi connectivity index (χ2n) is 7.38. The van der Waals surface area contributed by atoms with Crippen molar-refractivity contribution in [3.05, 3.63) is 62.3 Å². The molecule has 0 radical (unpaired) electrons. The Morgan fingerprint density at radius 3 is 2.71 bits per heavy atom. The number of amides is 2. The van der Waals surface area contributed by atoms with Crippen LogP contribution in [0.25, 0.3) is 0 Å². The van der Waals surface area contributed by atoms with Crippen LogP contribution in [0.4, 0.5) is 5.69 Å². The molecule has 1 aromatic carbocycles. The molecule has 3 atom stereocenters. The van der Waals surface area contributed by atoms with Gasteiger partial charge in [0.05, 0.1) is 24.2 Å². The Hall–Kier alpha value is -3.45. The summed E-state index contributed by atoms with van der Waals surface area (Å²) < 4.78 is 10.6. The highest BCUT2D eigenvalue weighted by molar-refractivity contribution is 8.00. The summed E-state index contributed by atoms with van der Waals surface area (Å²) in [7, 11) is 1.42. The topological polar surface area (TPSA) is 140 Å². The van der Waals surface area contributed by atoms with Crippen LogP contribution in [0.3, 0.4) is 0 Å². The molecule has 2 aliphatic heterocycles. The quantitative estimate of drug-likeness (QED) is 0.260. The van der Waals surface area contributed by atoms with Crippen molar-refractivity contribution in [1.29, 1.82) is 0 Å². The number of hydrogen-bond donors (Lipinski definition) is 1. The van der Waals surface area contributed by atoms with Crippen molar-refractivity contribution in [2.24, 2.45) is 4.99 Å². The molecule has 178 valence electrons. The normalized spacial score (nSPS) is 21.4. The lowest BCUT2D eigenvalue weighted by Gasteiger charge is -2.47. The lowest BCUT2D eigenvalue weighted by molar-refractivity contribution is -0.384. The van der Waals surface area contributed by atoms with Crippen LogP contribution in [0.15, 0.2) is 46.8 Å². The molecule has 0 spiro atoms. The number of fused-ring (bicyclic) bond motifs is 1. The van der Waals surface area contributed by atoms with E-state index < -0.39 is 34.4 Å². The standard InChI is InChI=1S/C21H20N4O7S2/c1-31-16-11-34-20-17(22-15(26)9-14-3-2-8-33-14)19(27)24(20)18(23-16)21(28)32-10-12-4-6-13(7-5-12)25(29)30/h2-8,17-18,20H,9-11H2,1H3,(H,22,26)/t17?,18-,20?/m1/s1. The minimum atomic E-state index is -1.26. The maximum absolute atomic E-state index is 12.9. The number of rotatable bonds is 7. The third kappa shape index (κ3) is 5.04. The molecule has 2 amide bonds. The molecule has 1 aromatic heterocycles. The highest BCUT2D eigenvalue weighted by Gasteiger charge is 2.55. The molecule has 1 N–H and O–H groups in total. The van der Waals surface area contributed by atoms with Crippen molar-refractivity contribution in [2.45, 2.75) is 30.6 Å². The summed E-state index contributed by atoms with van der Waals surface area (Å²) in [6, 6.07) is 8.49. The molecule has 0 aliphatic carbocycles. The number of nitro benzene ring substituents is 1. The first-order valence-electron chi connectivity index (χ1n) is 10.1. The maximum atomic E-state index is 12.9. The van der Waals surface area contributed by atoms with Crippen molar-refractivity contribution < 1.29 is 28.8 Å². The number of thiophene rings is 1. The summed E-state index contributed by atoms with van der Waals surface area (Å²) in [5.41, 5.74) is 0.467. The second kappa shape index (κ2) is 10.2. The minimum Gasteiger partial charge on any atom is -0.484 e. The molecule has 34 heavy (non-hydrogen) atoms. The average molecular weight is 505 g/mol. The van der Waals surface area contributed by atoms with Gasteiger partial charge >= 0.3 is 5.97 Å². The molecule has 1 fully saturated rings. The first-order chi connectivity index (χ1) is 16.4. The predicted octanol–water partition coefficient (Wildman–Crippen LogP) is 1.71. The number of ether oxygens (including phenoxy) is 2. The zero-order chi connectivity index (χ0) is 24.2. The summed E-state index contributed by atoms with van der Waals surface area (Å²) in [6.07, 6.45) is -1.09. The van der Waals surface area contributed by atoms with Crippen LogP contribution in [0.2, 0.25) is 0 Å². The third-order valence-corrected chi connectivity index (χ3v) is 7.32. The van der Waals surface area contributed by atoms with Crippen LogP contribution < -0.4 is 5.32 Å². The van der Waals surface area contributed by atoms with Crippen molar-refractivity contribution in [3.63, 3.8) is 0 Å². The van der Waals surface area contributed by atoms with Crippen LogP contribution in [0, 0.1) is 10.1 Å². The average Bonchev–Trinajstić information content (AvgIpc) is 3.27. The number of esters is 1. The Bertz CT molecular complexity index is 1120. The summed E-state index contributed by atoms with van der Waals surface area (Å²) >= 11 is 2.79. The number of non-ortho nitro benzene ring substituents is 1. The zero-order valence-corrected chi connectivity index (χ0v) is 19.5. The second-order valence-corrected chi connectivity index (χ2v) is 9.52. The maximum Gasteiger partial charge on any atom is 0.352 e. The van der Waals surface area contributed by atoms with Crippen LogP contribution in [-0.4, -0.2) is 63.9 Å². The number of benzene rings is 1. The number of hydrogen-bond acceptors (Lipinski definition) is 10. The summed E-state index contributed by atoms with van der Waals surface area (Å²) in [4.78, 5) is 54.8. The molecule has 11 nitrogen and oxygen atoms in total. The molecular weight excluding hydrogens is 484 g/mol. The van der Waals surface area contributed by atoms with Crippen LogP contribution in [0.1, 0.15) is 10.4 Å². The van der Waals surface area contributed by atoms with Gasteiger partial charge in [0.2, 0.25) is 12.1 Å². The van der Waals surface area contributed by atoms with E-state index in [1.54, 1.807) is 0 Å². The lowest BCUT2D eigenvalue weighted by atomic mass is 10.1. The lowest BCUT2D eigenvalue weighted by Crippen LogP contribution is -2.72. The Kier molecular flexibility index (Phi) is 7.12. The van der Waals surface area contributed by atoms with E-state index in [0.717, 1.165) is 4.88 Å². The Balaban J connectivity index is 1.42. The predicted molar refractivity (Wildman–Crippen MR) is 124 cm³/mol. The first-order valence-corrected chi connectivity index (χ1v) is 12.1. The molecule has 0 saturated carbocycles. The van der Waals surface area contributed by atoms with E-state index in [4.69, 9.17) is 9.47 Å². The van der Waals surface area contributed by atoms with Gasteiger partial charge in [0.25, 0.3) is 11.6 Å². The first kappa shape index (κ1) is 23.7. The van der Waals surface area contributed by atoms with E-state index in [9.17, 15) is 24.5 Å². The van der Waals surface area contributed by atoms with Gasteiger partial charge in [0.1, 0.15) is 18.0 Å². The van der Waals surface area contributed by atoms with Gasteiger partial charge < -0.3 is 14.8 Å². The zero-order valence-electron chi connectivity index (χ0n) is 17.9. The number of nitro groups is 1. The van der Waals surface area contributed by atoms with Crippen LogP contribution >= 0.6 is 23.1 Å². The van der Waals surface area contributed by atoms with Gasteiger partial charge in [-0.3, -0.25) is 24.6 Å². The molecule has 2 aliphatic rings. The van der Waals surface area contributed by atoms with Crippen molar-refractivity contribution in [3.8, 4) is 0 Å². The van der Waals surface area contributed by atoms with Gasteiger partial charge in [-0.15, -0.1) is 23.1 Å². The molecule has 2 unspecified atom stereocenters. The minimum absolute atomic E-state index is 0.0774. The molecule has 2 aromatic rings. The highest BCUT2D eigenvalue weighted by atomic mass is 32.2.